The lowest BCUT2D eigenvalue weighted by Crippen LogP contribution is -2.15. The van der Waals surface area contributed by atoms with Gasteiger partial charge < -0.3 is 0 Å². The first-order valence-corrected chi connectivity index (χ1v) is 15.0. The number of unbranched alkanes of at least 4 members (excludes halogenated alkanes) is 2. The molecule has 3 aromatic carbocycles. The summed E-state index contributed by atoms with van der Waals surface area (Å²) in [4.78, 5) is 0. The number of aryl methyl sites for hydroxylation is 5. The van der Waals surface area contributed by atoms with E-state index >= 15 is 0 Å². The van der Waals surface area contributed by atoms with Crippen molar-refractivity contribution in [2.24, 2.45) is 11.8 Å². The van der Waals surface area contributed by atoms with Crippen LogP contribution in [0.4, 0.5) is 0 Å². The van der Waals surface area contributed by atoms with Crippen molar-refractivity contribution in [3.05, 3.63) is 106 Å². The fourth-order valence-corrected chi connectivity index (χ4v) is 5.94. The van der Waals surface area contributed by atoms with Crippen molar-refractivity contribution in [3.63, 3.8) is 0 Å². The molecule has 0 radical (unpaired) electrons. The molecule has 1 fully saturated rings. The van der Waals surface area contributed by atoms with Gasteiger partial charge in [-0.15, -0.1) is 0 Å². The van der Waals surface area contributed by atoms with Crippen LogP contribution in [0.2, 0.25) is 5.02 Å². The van der Waals surface area contributed by atoms with E-state index in [1.54, 1.807) is 0 Å². The van der Waals surface area contributed by atoms with E-state index < -0.39 is 0 Å². The minimum atomic E-state index is 0.815. The van der Waals surface area contributed by atoms with Gasteiger partial charge in [-0.2, -0.15) is 0 Å². The highest BCUT2D eigenvalue weighted by atomic mass is 35.5. The standard InChI is InChI=1S/C35H45Cl/c1-2-3-4-5-28-6-8-29(9-7-28)10-11-30-12-14-31(15-13-30)16-17-32-18-20-33(21-19-32)22-23-34-24-26-35(36)27-25-34/h6-9,18-21,24-27,30-31H,2-5,10-17,22-23H2,1H3. The van der Waals surface area contributed by atoms with E-state index in [0.717, 1.165) is 29.7 Å². The summed E-state index contributed by atoms with van der Waals surface area (Å²) in [6, 6.07) is 27.1. The van der Waals surface area contributed by atoms with Crippen molar-refractivity contribution in [2.45, 2.75) is 96.8 Å². The molecule has 3 aromatic rings. The third kappa shape index (κ3) is 9.11. The molecule has 0 aliphatic heterocycles. The van der Waals surface area contributed by atoms with E-state index in [9.17, 15) is 0 Å². The zero-order chi connectivity index (χ0) is 25.0. The van der Waals surface area contributed by atoms with E-state index in [-0.39, 0.29) is 0 Å². The second-order valence-electron chi connectivity index (χ2n) is 11.2. The van der Waals surface area contributed by atoms with E-state index in [2.05, 4.69) is 67.6 Å². The molecule has 0 nitrogen and oxygen atoms in total. The van der Waals surface area contributed by atoms with Gasteiger partial charge in [-0.05, 0) is 103 Å². The summed E-state index contributed by atoms with van der Waals surface area (Å²) in [7, 11) is 0. The normalized spacial score (nSPS) is 17.8. The molecule has 0 N–H and O–H groups in total. The Bertz CT molecular complexity index is 992. The SMILES string of the molecule is CCCCCc1ccc(CCC2CCC(CCc3ccc(CCc4ccc(Cl)cc4)cc3)CC2)cc1. The van der Waals surface area contributed by atoms with Crippen LogP contribution in [0.25, 0.3) is 0 Å². The average Bonchev–Trinajstić information content (AvgIpc) is 2.92. The van der Waals surface area contributed by atoms with Gasteiger partial charge in [-0.1, -0.05) is 118 Å². The van der Waals surface area contributed by atoms with E-state index in [1.165, 1.54) is 105 Å². The first-order chi connectivity index (χ1) is 17.7. The molecule has 1 aliphatic rings. The van der Waals surface area contributed by atoms with Gasteiger partial charge in [0.2, 0.25) is 0 Å². The van der Waals surface area contributed by atoms with Crippen LogP contribution in [0.5, 0.6) is 0 Å². The maximum Gasteiger partial charge on any atom is 0.0406 e. The molecule has 0 amide bonds. The summed E-state index contributed by atoms with van der Waals surface area (Å²) >= 11 is 6.00. The summed E-state index contributed by atoms with van der Waals surface area (Å²) in [6.07, 6.45) is 18.3. The molecule has 0 unspecified atom stereocenters. The molecule has 0 aromatic heterocycles. The Kier molecular flexibility index (Phi) is 11.0. The Morgan fingerprint density at radius 1 is 0.500 bits per heavy atom. The molecular weight excluding hydrogens is 456 g/mol. The van der Waals surface area contributed by atoms with Gasteiger partial charge in [0.15, 0.2) is 0 Å². The average molecular weight is 501 g/mol. The molecule has 4 rings (SSSR count). The van der Waals surface area contributed by atoms with Gasteiger partial charge in [-0.25, -0.2) is 0 Å². The summed E-state index contributed by atoms with van der Waals surface area (Å²) < 4.78 is 0. The molecule has 36 heavy (non-hydrogen) atoms. The van der Waals surface area contributed by atoms with Crippen LogP contribution in [0.15, 0.2) is 72.8 Å². The molecular formula is C35H45Cl. The third-order valence-corrected chi connectivity index (χ3v) is 8.63. The predicted octanol–water partition coefficient (Wildman–Crippen LogP) is 10.2. The second kappa shape index (κ2) is 14.6. The van der Waals surface area contributed by atoms with Crippen molar-refractivity contribution in [1.82, 2.24) is 0 Å². The summed E-state index contributed by atoms with van der Waals surface area (Å²) in [5, 5.41) is 0.815. The number of benzene rings is 3. The minimum absolute atomic E-state index is 0.815. The van der Waals surface area contributed by atoms with Crippen molar-refractivity contribution in [3.8, 4) is 0 Å². The largest absolute Gasteiger partial charge is 0.0843 e. The highest BCUT2D eigenvalue weighted by Crippen LogP contribution is 2.34. The first kappa shape index (κ1) is 27.0. The number of halogens is 1. The van der Waals surface area contributed by atoms with Crippen molar-refractivity contribution < 1.29 is 0 Å². The van der Waals surface area contributed by atoms with Crippen LogP contribution in [0, 0.1) is 11.8 Å². The number of hydrogen-bond donors (Lipinski definition) is 0. The fraction of sp³-hybridized carbons (Fsp3) is 0.486. The number of hydrogen-bond acceptors (Lipinski definition) is 0. The van der Waals surface area contributed by atoms with Crippen LogP contribution in [0.3, 0.4) is 0 Å². The van der Waals surface area contributed by atoms with Gasteiger partial charge in [0.05, 0.1) is 0 Å². The Morgan fingerprint density at radius 2 is 0.861 bits per heavy atom. The minimum Gasteiger partial charge on any atom is -0.0843 e. The number of rotatable bonds is 13. The van der Waals surface area contributed by atoms with Crippen LogP contribution < -0.4 is 0 Å². The van der Waals surface area contributed by atoms with Gasteiger partial charge in [-0.3, -0.25) is 0 Å². The molecule has 1 aliphatic carbocycles. The zero-order valence-electron chi connectivity index (χ0n) is 22.4. The van der Waals surface area contributed by atoms with Crippen LogP contribution in [-0.2, 0) is 32.1 Å². The second-order valence-corrected chi connectivity index (χ2v) is 11.6. The topological polar surface area (TPSA) is 0 Å². The highest BCUT2D eigenvalue weighted by molar-refractivity contribution is 6.30. The quantitative estimate of drug-likeness (QED) is 0.205. The van der Waals surface area contributed by atoms with Gasteiger partial charge in [0.25, 0.3) is 0 Å². The molecule has 0 spiro atoms. The van der Waals surface area contributed by atoms with E-state index in [4.69, 9.17) is 11.6 Å². The Balaban J connectivity index is 1.10. The predicted molar refractivity (Wildman–Crippen MR) is 157 cm³/mol. The summed E-state index contributed by atoms with van der Waals surface area (Å²) in [5.41, 5.74) is 7.34. The van der Waals surface area contributed by atoms with Crippen LogP contribution in [-0.4, -0.2) is 0 Å². The fourth-order valence-electron chi connectivity index (χ4n) is 5.81. The Morgan fingerprint density at radius 3 is 1.28 bits per heavy atom. The molecule has 1 saturated carbocycles. The maximum absolute atomic E-state index is 6.00. The van der Waals surface area contributed by atoms with Gasteiger partial charge in [0, 0.05) is 5.02 Å². The lowest BCUT2D eigenvalue weighted by atomic mass is 9.77. The highest BCUT2D eigenvalue weighted by Gasteiger charge is 2.20. The van der Waals surface area contributed by atoms with Gasteiger partial charge >= 0.3 is 0 Å². The Hall–Kier alpha value is -2.05. The lowest BCUT2D eigenvalue weighted by molar-refractivity contribution is 0.253. The van der Waals surface area contributed by atoms with Crippen LogP contribution in [0.1, 0.15) is 92.5 Å². The molecule has 1 heteroatoms. The molecule has 0 bridgehead atoms. The monoisotopic (exact) mass is 500 g/mol. The zero-order valence-corrected chi connectivity index (χ0v) is 23.1. The summed E-state index contributed by atoms with van der Waals surface area (Å²) in [5.74, 6) is 1.86. The molecule has 192 valence electrons. The Labute approximate surface area is 225 Å². The first-order valence-electron chi connectivity index (χ1n) is 14.6. The molecule has 0 saturated heterocycles. The smallest absolute Gasteiger partial charge is 0.0406 e. The third-order valence-electron chi connectivity index (χ3n) is 8.38. The lowest BCUT2D eigenvalue weighted by Gasteiger charge is -2.28. The van der Waals surface area contributed by atoms with Gasteiger partial charge in [0.1, 0.15) is 0 Å². The van der Waals surface area contributed by atoms with Crippen molar-refractivity contribution >= 4 is 11.6 Å². The molecule has 0 heterocycles. The molecule has 0 atom stereocenters. The summed E-state index contributed by atoms with van der Waals surface area (Å²) in [6.45, 7) is 2.28. The van der Waals surface area contributed by atoms with Crippen LogP contribution >= 0.6 is 11.6 Å². The maximum atomic E-state index is 6.00. The van der Waals surface area contributed by atoms with Crippen molar-refractivity contribution in [1.29, 1.82) is 0 Å². The van der Waals surface area contributed by atoms with E-state index in [0.29, 0.717) is 0 Å². The van der Waals surface area contributed by atoms with Crippen molar-refractivity contribution in [2.75, 3.05) is 0 Å². The van der Waals surface area contributed by atoms with E-state index in [1.807, 2.05) is 12.1 Å².